The topological polar surface area (TPSA) is 66.5 Å². The second-order valence-electron chi connectivity index (χ2n) is 7.36. The molecule has 0 bridgehead atoms. The van der Waals surface area contributed by atoms with Crippen molar-refractivity contribution in [2.75, 3.05) is 6.54 Å². The maximum atomic E-state index is 13.2. The van der Waals surface area contributed by atoms with Gasteiger partial charge in [-0.15, -0.1) is 11.3 Å². The minimum absolute atomic E-state index is 0.203. The van der Waals surface area contributed by atoms with Gasteiger partial charge in [-0.2, -0.15) is 0 Å². The summed E-state index contributed by atoms with van der Waals surface area (Å²) in [4.78, 5) is 40.5. The minimum atomic E-state index is -1.02. The van der Waals surface area contributed by atoms with E-state index >= 15 is 0 Å². The Kier molecular flexibility index (Phi) is 3.67. The molecule has 2 aliphatic rings. The smallest absolute Gasteiger partial charge is 0.319 e. The van der Waals surface area contributed by atoms with Crippen molar-refractivity contribution < 1.29 is 14.4 Å². The van der Waals surface area contributed by atoms with Gasteiger partial charge in [-0.3, -0.25) is 14.5 Å². The van der Waals surface area contributed by atoms with Gasteiger partial charge in [-0.1, -0.05) is 42.5 Å². The molecule has 1 fully saturated rings. The molecular weight excluding hydrogens is 372 g/mol. The van der Waals surface area contributed by atoms with Crippen LogP contribution in [0.15, 0.2) is 48.5 Å². The number of imide groups is 1. The Morgan fingerprint density at radius 3 is 2.71 bits per heavy atom. The molecule has 1 aliphatic heterocycles. The summed E-state index contributed by atoms with van der Waals surface area (Å²) in [6.45, 7) is 1.68. The Hall–Kier alpha value is -2.99. The lowest BCUT2D eigenvalue weighted by Crippen LogP contribution is -2.42. The summed E-state index contributed by atoms with van der Waals surface area (Å²) in [7, 11) is 0. The molecule has 5 nitrogen and oxygen atoms in total. The molecule has 0 unspecified atom stereocenters. The van der Waals surface area contributed by atoms with Crippen LogP contribution in [0.5, 0.6) is 0 Å². The normalized spacial score (nSPS) is 20.8. The molecule has 0 radical (unpaired) electrons. The molecule has 28 heavy (non-hydrogen) atoms. The third-order valence-electron chi connectivity index (χ3n) is 5.82. The first-order valence-electron chi connectivity index (χ1n) is 9.25. The van der Waals surface area contributed by atoms with Gasteiger partial charge in [0.2, 0.25) is 0 Å². The SMILES string of the molecule is Cc1c(C(=O)CN2C(=O)N[C@@]3(CCc4ccccc43)C2=O)sc2ccccc12. The van der Waals surface area contributed by atoms with Gasteiger partial charge in [0.15, 0.2) is 5.78 Å². The van der Waals surface area contributed by atoms with Crippen LogP contribution in [0.4, 0.5) is 4.79 Å². The van der Waals surface area contributed by atoms with Crippen LogP contribution < -0.4 is 5.32 Å². The maximum absolute atomic E-state index is 13.2. The highest BCUT2D eigenvalue weighted by molar-refractivity contribution is 7.21. The lowest BCUT2D eigenvalue weighted by atomic mass is 9.92. The van der Waals surface area contributed by atoms with Crippen LogP contribution in [-0.2, 0) is 16.8 Å². The molecule has 1 atom stereocenters. The molecule has 2 heterocycles. The first-order valence-corrected chi connectivity index (χ1v) is 10.1. The zero-order valence-corrected chi connectivity index (χ0v) is 16.1. The van der Waals surface area contributed by atoms with Gasteiger partial charge < -0.3 is 5.32 Å². The van der Waals surface area contributed by atoms with E-state index < -0.39 is 11.6 Å². The summed E-state index contributed by atoms with van der Waals surface area (Å²) >= 11 is 1.41. The summed E-state index contributed by atoms with van der Waals surface area (Å²) in [6.07, 6.45) is 1.27. The van der Waals surface area contributed by atoms with E-state index in [1.807, 2.05) is 55.5 Å². The summed E-state index contributed by atoms with van der Waals surface area (Å²) in [5.74, 6) is -0.528. The van der Waals surface area contributed by atoms with E-state index in [-0.39, 0.29) is 18.2 Å². The number of urea groups is 1. The van der Waals surface area contributed by atoms with Crippen molar-refractivity contribution in [3.8, 4) is 0 Å². The van der Waals surface area contributed by atoms with Crippen molar-refractivity contribution in [1.82, 2.24) is 10.2 Å². The Bertz CT molecular complexity index is 1170. The number of carbonyl (C=O) groups excluding carboxylic acids is 3. The van der Waals surface area contributed by atoms with Gasteiger partial charge in [-0.05, 0) is 47.9 Å². The second-order valence-corrected chi connectivity index (χ2v) is 8.41. The van der Waals surface area contributed by atoms with Crippen molar-refractivity contribution in [3.05, 3.63) is 70.1 Å². The minimum Gasteiger partial charge on any atom is -0.319 e. The maximum Gasteiger partial charge on any atom is 0.325 e. The van der Waals surface area contributed by atoms with E-state index in [4.69, 9.17) is 0 Å². The van der Waals surface area contributed by atoms with Gasteiger partial charge in [0, 0.05) is 4.70 Å². The fourth-order valence-corrected chi connectivity index (χ4v) is 5.53. The number of hydrogen-bond donors (Lipinski definition) is 1. The number of ketones is 1. The first kappa shape index (κ1) is 17.1. The van der Waals surface area contributed by atoms with E-state index in [0.29, 0.717) is 11.3 Å². The predicted octanol–water partition coefficient (Wildman–Crippen LogP) is 3.79. The molecule has 1 aliphatic carbocycles. The van der Waals surface area contributed by atoms with Crippen LogP contribution in [-0.4, -0.2) is 29.2 Å². The van der Waals surface area contributed by atoms with Gasteiger partial charge >= 0.3 is 6.03 Å². The molecule has 1 saturated heterocycles. The quantitative estimate of drug-likeness (QED) is 0.547. The number of benzene rings is 2. The van der Waals surface area contributed by atoms with Crippen LogP contribution in [0.2, 0.25) is 0 Å². The van der Waals surface area contributed by atoms with Crippen molar-refractivity contribution in [2.24, 2.45) is 0 Å². The lowest BCUT2D eigenvalue weighted by Gasteiger charge is -2.22. The van der Waals surface area contributed by atoms with E-state index in [1.165, 1.54) is 11.3 Å². The number of amides is 3. The van der Waals surface area contributed by atoms with Crippen LogP contribution in [0, 0.1) is 6.92 Å². The number of Topliss-reactive ketones (excluding diaryl/α,β-unsaturated/α-hetero) is 1. The summed E-state index contributed by atoms with van der Waals surface area (Å²) in [6, 6.07) is 15.0. The van der Waals surface area contributed by atoms with Crippen molar-refractivity contribution >= 4 is 39.1 Å². The third kappa shape index (κ3) is 2.27. The fourth-order valence-electron chi connectivity index (χ4n) is 4.39. The van der Waals surface area contributed by atoms with E-state index in [0.717, 1.165) is 38.1 Å². The van der Waals surface area contributed by atoms with Gasteiger partial charge in [0.1, 0.15) is 5.54 Å². The fraction of sp³-hybridized carbons (Fsp3) is 0.227. The summed E-state index contributed by atoms with van der Waals surface area (Å²) < 4.78 is 1.03. The zero-order chi connectivity index (χ0) is 19.5. The van der Waals surface area contributed by atoms with Crippen molar-refractivity contribution in [3.63, 3.8) is 0 Å². The number of carbonyl (C=O) groups is 3. The summed E-state index contributed by atoms with van der Waals surface area (Å²) in [5, 5.41) is 3.91. The molecule has 5 rings (SSSR count). The number of aryl methyl sites for hydroxylation is 2. The van der Waals surface area contributed by atoms with Crippen LogP contribution >= 0.6 is 11.3 Å². The van der Waals surface area contributed by atoms with Crippen LogP contribution in [0.3, 0.4) is 0 Å². The molecule has 6 heteroatoms. The molecule has 1 N–H and O–H groups in total. The molecule has 0 saturated carbocycles. The van der Waals surface area contributed by atoms with Crippen molar-refractivity contribution in [2.45, 2.75) is 25.3 Å². The highest BCUT2D eigenvalue weighted by Gasteiger charge is 2.55. The molecule has 1 spiro atoms. The van der Waals surface area contributed by atoms with Gasteiger partial charge in [0.05, 0.1) is 11.4 Å². The number of nitrogens with zero attached hydrogens (tertiary/aromatic N) is 1. The lowest BCUT2D eigenvalue weighted by molar-refractivity contribution is -0.131. The molecule has 2 aromatic carbocycles. The standard InChI is InChI=1S/C22H18N2O3S/c1-13-15-7-3-5-9-18(15)28-19(13)17(25)12-24-20(26)22(23-21(24)27)11-10-14-6-2-4-8-16(14)22/h2-9H,10-12H2,1H3,(H,23,27)/t22-/m1/s1. The number of thiophene rings is 1. The average molecular weight is 390 g/mol. The molecular formula is C22H18N2O3S. The molecule has 3 aromatic rings. The highest BCUT2D eigenvalue weighted by atomic mass is 32.1. The van der Waals surface area contributed by atoms with Crippen LogP contribution in [0.25, 0.3) is 10.1 Å². The number of fused-ring (bicyclic) bond motifs is 3. The Morgan fingerprint density at radius 2 is 1.89 bits per heavy atom. The molecule has 140 valence electrons. The van der Waals surface area contributed by atoms with Gasteiger partial charge in [-0.25, -0.2) is 4.79 Å². The van der Waals surface area contributed by atoms with Crippen LogP contribution in [0.1, 0.15) is 32.8 Å². The highest BCUT2D eigenvalue weighted by Crippen LogP contribution is 2.41. The van der Waals surface area contributed by atoms with Gasteiger partial charge in [0.25, 0.3) is 5.91 Å². The molecule has 3 amide bonds. The Morgan fingerprint density at radius 1 is 1.14 bits per heavy atom. The largest absolute Gasteiger partial charge is 0.325 e. The number of hydrogen-bond acceptors (Lipinski definition) is 4. The first-order chi connectivity index (χ1) is 13.5. The monoisotopic (exact) mass is 390 g/mol. The average Bonchev–Trinajstić information content (AvgIpc) is 3.32. The van der Waals surface area contributed by atoms with E-state index in [9.17, 15) is 14.4 Å². The Balaban J connectivity index is 1.46. The summed E-state index contributed by atoms with van der Waals surface area (Å²) in [5.41, 5.74) is 1.80. The second kappa shape index (κ2) is 6.01. The molecule has 1 aromatic heterocycles. The van der Waals surface area contributed by atoms with Crippen molar-refractivity contribution in [1.29, 1.82) is 0 Å². The number of rotatable bonds is 3. The predicted molar refractivity (Wildman–Crippen MR) is 108 cm³/mol. The Labute approximate surface area is 166 Å². The zero-order valence-electron chi connectivity index (χ0n) is 15.3. The van der Waals surface area contributed by atoms with E-state index in [2.05, 4.69) is 5.32 Å². The number of nitrogens with one attached hydrogen (secondary N) is 1. The third-order valence-corrected chi connectivity index (χ3v) is 7.13. The van der Waals surface area contributed by atoms with E-state index in [1.54, 1.807) is 0 Å².